The van der Waals surface area contributed by atoms with Gasteiger partial charge in [-0.05, 0) is 46.8 Å². The minimum atomic E-state index is -2.35. The molecule has 1 aliphatic heterocycles. The van der Waals surface area contributed by atoms with Gasteiger partial charge in [0.05, 0.1) is 39.6 Å². The predicted octanol–water partition coefficient (Wildman–Crippen LogP) is 14.1. The van der Waals surface area contributed by atoms with Gasteiger partial charge in [0, 0.05) is 6.42 Å². The highest BCUT2D eigenvalue weighted by Gasteiger charge is 2.50. The highest BCUT2D eigenvalue weighted by atomic mass is 28.4. The first kappa shape index (κ1) is 56.2. The van der Waals surface area contributed by atoms with Crippen LogP contribution in [-0.4, -0.2) is 70.9 Å². The lowest BCUT2D eigenvalue weighted by atomic mass is 9.97. The Balaban J connectivity index is 1.31. The first-order chi connectivity index (χ1) is 33.5. The van der Waals surface area contributed by atoms with Gasteiger partial charge in [0.25, 0.3) is 0 Å². The lowest BCUT2D eigenvalue weighted by Crippen LogP contribution is -2.62. The minimum Gasteiger partial charge on any atom is -0.463 e. The Bertz CT molecular complexity index is 1910. The van der Waals surface area contributed by atoms with Crippen molar-refractivity contribution in [3.63, 3.8) is 0 Å². The van der Waals surface area contributed by atoms with Crippen LogP contribution >= 0.6 is 0 Å². The smallest absolute Gasteiger partial charge is 0.305 e. The Kier molecular flexibility index (Phi) is 25.7. The molecule has 4 aromatic rings. The zero-order valence-electron chi connectivity index (χ0n) is 43.0. The molecule has 0 spiro atoms. The molecule has 0 aromatic heterocycles. The lowest BCUT2D eigenvalue weighted by Gasteiger charge is -2.46. The fourth-order valence-electron chi connectivity index (χ4n) is 8.34. The minimum absolute atomic E-state index is 0.0758. The van der Waals surface area contributed by atoms with E-state index in [-0.39, 0.29) is 30.8 Å². The highest BCUT2D eigenvalue weighted by Crippen LogP contribution is 2.38. The molecule has 10 heteroatoms. The molecule has 5 rings (SSSR count). The molecule has 6 atom stereocenters. The van der Waals surface area contributed by atoms with Crippen LogP contribution in [0.25, 0.3) is 0 Å². The van der Waals surface area contributed by atoms with Crippen molar-refractivity contribution >= 4 is 14.3 Å². The van der Waals surface area contributed by atoms with Crippen molar-refractivity contribution in [3.8, 4) is 0 Å². The number of carbonyl (C=O) groups excluding carboxylic acids is 1. The standard InChI is InChI=1S/C59H86O9Si/c1-7-8-9-10-11-12-13-14-15-16-17-18-31-40-54(60)62-45-52(68-69(5,6)59(2,3)4)46-66-58-57(65-44-51-38-29-22-30-39-51)56(64-43-50-36-27-21-28-37-50)55(63-42-49-34-25-20-26-35-49)53(67-58)47-61-41-48-32-23-19-24-33-48/h19-30,32-39,52-53,55-58H,7-18,31,40-47H2,1-6H3/t52-,53-,55-,56+,57-,58-/m1/s1. The number of benzene rings is 4. The second kappa shape index (κ2) is 31.6. The summed E-state index contributed by atoms with van der Waals surface area (Å²) < 4.78 is 53.9. The van der Waals surface area contributed by atoms with Gasteiger partial charge in [0.15, 0.2) is 14.6 Å². The molecule has 4 aromatic carbocycles. The van der Waals surface area contributed by atoms with Crippen molar-refractivity contribution in [1.29, 1.82) is 0 Å². The van der Waals surface area contributed by atoms with Gasteiger partial charge in [-0.2, -0.15) is 0 Å². The normalized spacial score (nSPS) is 19.1. The zero-order valence-corrected chi connectivity index (χ0v) is 44.0. The van der Waals surface area contributed by atoms with E-state index >= 15 is 0 Å². The number of rotatable bonds is 34. The van der Waals surface area contributed by atoms with E-state index < -0.39 is 45.1 Å². The maximum atomic E-state index is 13.3. The van der Waals surface area contributed by atoms with Crippen molar-refractivity contribution in [1.82, 2.24) is 0 Å². The first-order valence-electron chi connectivity index (χ1n) is 26.2. The van der Waals surface area contributed by atoms with Crippen LogP contribution in [0.5, 0.6) is 0 Å². The van der Waals surface area contributed by atoms with E-state index in [9.17, 15) is 4.79 Å². The van der Waals surface area contributed by atoms with Crippen molar-refractivity contribution in [3.05, 3.63) is 144 Å². The summed E-state index contributed by atoms with van der Waals surface area (Å²) in [5.74, 6) is -0.205. The van der Waals surface area contributed by atoms with Gasteiger partial charge in [-0.1, -0.05) is 226 Å². The van der Waals surface area contributed by atoms with Crippen molar-refractivity contribution in [2.24, 2.45) is 0 Å². The molecule has 1 aliphatic rings. The number of hydrogen-bond donors (Lipinski definition) is 0. The van der Waals surface area contributed by atoms with Crippen molar-refractivity contribution in [2.45, 2.75) is 199 Å². The summed E-state index contributed by atoms with van der Waals surface area (Å²) in [6.07, 6.45) is 12.7. The highest BCUT2D eigenvalue weighted by molar-refractivity contribution is 6.74. The molecule has 0 amide bonds. The number of unbranched alkanes of at least 4 members (excludes halogenated alkanes) is 12. The molecular weight excluding hydrogens is 881 g/mol. The maximum Gasteiger partial charge on any atom is 0.305 e. The van der Waals surface area contributed by atoms with E-state index in [1.807, 2.05) is 97.1 Å². The summed E-state index contributed by atoms with van der Waals surface area (Å²) in [6.45, 7) is 15.0. The molecule has 380 valence electrons. The second-order valence-corrected chi connectivity index (χ2v) is 25.1. The van der Waals surface area contributed by atoms with Crippen LogP contribution in [0.4, 0.5) is 0 Å². The predicted molar refractivity (Wildman–Crippen MR) is 279 cm³/mol. The number of carbonyl (C=O) groups is 1. The summed E-state index contributed by atoms with van der Waals surface area (Å²) in [5, 5.41) is -0.0898. The summed E-state index contributed by atoms with van der Waals surface area (Å²) in [7, 11) is -2.35. The Morgan fingerprint density at radius 1 is 0.536 bits per heavy atom. The van der Waals surface area contributed by atoms with Gasteiger partial charge in [0.2, 0.25) is 0 Å². The third-order valence-electron chi connectivity index (χ3n) is 13.5. The van der Waals surface area contributed by atoms with Gasteiger partial charge < -0.3 is 37.6 Å². The van der Waals surface area contributed by atoms with E-state index in [4.69, 9.17) is 37.6 Å². The molecular formula is C59H86O9Si. The molecule has 1 fully saturated rings. The zero-order chi connectivity index (χ0) is 49.0. The van der Waals surface area contributed by atoms with Crippen LogP contribution in [0.3, 0.4) is 0 Å². The molecule has 1 saturated heterocycles. The largest absolute Gasteiger partial charge is 0.463 e. The molecule has 0 aliphatic carbocycles. The Hall–Kier alpha value is -3.71. The monoisotopic (exact) mass is 967 g/mol. The molecule has 1 heterocycles. The molecule has 0 saturated carbocycles. The third kappa shape index (κ3) is 21.3. The number of hydrogen-bond acceptors (Lipinski definition) is 9. The summed E-state index contributed by atoms with van der Waals surface area (Å²) in [4.78, 5) is 13.3. The molecule has 0 unspecified atom stereocenters. The van der Waals surface area contributed by atoms with Gasteiger partial charge in [-0.25, -0.2) is 0 Å². The number of ether oxygens (including phenoxy) is 7. The Morgan fingerprint density at radius 2 is 0.957 bits per heavy atom. The van der Waals surface area contributed by atoms with Crippen LogP contribution in [-0.2, 0) is 68.8 Å². The Labute approximate surface area is 417 Å². The van der Waals surface area contributed by atoms with Gasteiger partial charge in [-0.3, -0.25) is 4.79 Å². The van der Waals surface area contributed by atoms with Crippen LogP contribution in [0, 0.1) is 0 Å². The quantitative estimate of drug-likeness (QED) is 0.0258. The fourth-order valence-corrected chi connectivity index (χ4v) is 9.66. The first-order valence-corrected chi connectivity index (χ1v) is 29.1. The maximum absolute atomic E-state index is 13.3. The Morgan fingerprint density at radius 3 is 1.42 bits per heavy atom. The van der Waals surface area contributed by atoms with E-state index in [1.54, 1.807) is 0 Å². The molecule has 69 heavy (non-hydrogen) atoms. The van der Waals surface area contributed by atoms with Crippen molar-refractivity contribution < 1.29 is 42.4 Å². The van der Waals surface area contributed by atoms with Gasteiger partial charge in [-0.15, -0.1) is 0 Å². The second-order valence-electron chi connectivity index (χ2n) is 20.3. The summed E-state index contributed by atoms with van der Waals surface area (Å²) in [6, 6.07) is 40.4. The molecule has 0 N–H and O–H groups in total. The lowest BCUT2D eigenvalue weighted by molar-refractivity contribution is -0.331. The molecule has 0 bridgehead atoms. The average Bonchev–Trinajstić information content (AvgIpc) is 3.35. The SMILES string of the molecule is CCCCCCCCCCCCCCCC(=O)OC[C@H](CO[C@@H]1O[C@H](COCc2ccccc2)[C@@H](OCc2ccccc2)[C@H](OCc2ccccc2)[C@H]1OCc1ccccc1)O[Si](C)(C)C(C)(C)C. The van der Waals surface area contributed by atoms with Gasteiger partial charge in [0.1, 0.15) is 37.1 Å². The van der Waals surface area contributed by atoms with E-state index in [2.05, 4.69) is 65.1 Å². The topological polar surface area (TPSA) is 90.9 Å². The van der Waals surface area contributed by atoms with Crippen LogP contribution in [0.1, 0.15) is 140 Å². The van der Waals surface area contributed by atoms with E-state index in [0.29, 0.717) is 32.8 Å². The van der Waals surface area contributed by atoms with Crippen LogP contribution in [0.2, 0.25) is 18.1 Å². The number of esters is 1. The molecule has 0 radical (unpaired) electrons. The summed E-state index contributed by atoms with van der Waals surface area (Å²) in [5.41, 5.74) is 4.10. The summed E-state index contributed by atoms with van der Waals surface area (Å²) >= 11 is 0. The van der Waals surface area contributed by atoms with Crippen molar-refractivity contribution in [2.75, 3.05) is 19.8 Å². The van der Waals surface area contributed by atoms with Gasteiger partial charge >= 0.3 is 5.97 Å². The fraction of sp³-hybridized carbons (Fsp3) is 0.576. The van der Waals surface area contributed by atoms with E-state index in [1.165, 1.54) is 64.2 Å². The third-order valence-corrected chi connectivity index (χ3v) is 18.0. The average molecular weight is 967 g/mol. The van der Waals surface area contributed by atoms with Crippen LogP contribution < -0.4 is 0 Å². The van der Waals surface area contributed by atoms with Crippen LogP contribution in [0.15, 0.2) is 121 Å². The molecule has 9 nitrogen and oxygen atoms in total. The van der Waals surface area contributed by atoms with E-state index in [0.717, 1.165) is 41.5 Å².